The van der Waals surface area contributed by atoms with Gasteiger partial charge < -0.3 is 19.7 Å². The molecule has 0 aliphatic rings. The first-order valence-electron chi connectivity index (χ1n) is 6.43. The van der Waals surface area contributed by atoms with E-state index in [2.05, 4.69) is 17.1 Å². The Morgan fingerprint density at radius 1 is 1.44 bits per heavy atom. The van der Waals surface area contributed by atoms with Crippen LogP contribution in [0.3, 0.4) is 0 Å². The second-order valence-electron chi connectivity index (χ2n) is 4.88. The predicted octanol–water partition coefficient (Wildman–Crippen LogP) is 0.884. The van der Waals surface area contributed by atoms with Crippen LogP contribution in [0.4, 0.5) is 0 Å². The van der Waals surface area contributed by atoms with E-state index < -0.39 is 5.54 Å². The van der Waals surface area contributed by atoms with Crippen molar-refractivity contribution in [2.45, 2.75) is 38.8 Å². The molecule has 0 spiro atoms. The fraction of sp³-hybridized carbons (Fsp3) is 0.923. The van der Waals surface area contributed by atoms with E-state index in [1.165, 1.54) is 7.11 Å². The minimum atomic E-state index is -0.635. The Morgan fingerprint density at radius 2 is 2.06 bits per heavy atom. The summed E-state index contributed by atoms with van der Waals surface area (Å²) in [4.78, 5) is 14.1. The molecule has 0 aliphatic carbocycles. The van der Waals surface area contributed by atoms with Crippen molar-refractivity contribution in [1.29, 1.82) is 0 Å². The summed E-state index contributed by atoms with van der Waals surface area (Å²) in [5.74, 6) is -0.212. The molecule has 0 saturated heterocycles. The molecule has 108 valence electrons. The highest BCUT2D eigenvalue weighted by Gasteiger charge is 2.35. The molecular weight excluding hydrogens is 232 g/mol. The van der Waals surface area contributed by atoms with Gasteiger partial charge in [0.2, 0.25) is 0 Å². The molecule has 2 atom stereocenters. The third-order valence-corrected chi connectivity index (χ3v) is 3.31. The van der Waals surface area contributed by atoms with Crippen molar-refractivity contribution >= 4 is 5.97 Å². The third-order valence-electron chi connectivity index (χ3n) is 3.31. The second kappa shape index (κ2) is 8.45. The van der Waals surface area contributed by atoms with Crippen molar-refractivity contribution < 1.29 is 14.3 Å². The first-order chi connectivity index (χ1) is 8.41. The van der Waals surface area contributed by atoms with Gasteiger partial charge in [-0.25, -0.2) is 0 Å². The van der Waals surface area contributed by atoms with E-state index in [4.69, 9.17) is 9.47 Å². The average molecular weight is 260 g/mol. The summed E-state index contributed by atoms with van der Waals surface area (Å²) < 4.78 is 9.95. The molecule has 5 heteroatoms. The number of likely N-dealkylation sites (N-methyl/N-ethyl adjacent to an activating group) is 2. The van der Waals surface area contributed by atoms with E-state index in [9.17, 15) is 4.79 Å². The number of hydrogen-bond acceptors (Lipinski definition) is 5. The van der Waals surface area contributed by atoms with E-state index in [1.54, 1.807) is 7.11 Å². The molecule has 2 unspecified atom stereocenters. The fourth-order valence-corrected chi connectivity index (χ4v) is 2.05. The van der Waals surface area contributed by atoms with Gasteiger partial charge in [0.25, 0.3) is 0 Å². The quantitative estimate of drug-likeness (QED) is 0.624. The summed E-state index contributed by atoms with van der Waals surface area (Å²) in [5.41, 5.74) is -0.635. The minimum absolute atomic E-state index is 0.212. The Labute approximate surface area is 111 Å². The molecule has 0 aromatic carbocycles. The number of hydrogen-bond donors (Lipinski definition) is 1. The van der Waals surface area contributed by atoms with Crippen molar-refractivity contribution in [1.82, 2.24) is 10.2 Å². The first kappa shape index (κ1) is 17.4. The summed E-state index contributed by atoms with van der Waals surface area (Å²) in [6, 6.07) is 0.267. The van der Waals surface area contributed by atoms with Gasteiger partial charge in [-0.1, -0.05) is 6.92 Å². The Kier molecular flexibility index (Phi) is 8.15. The van der Waals surface area contributed by atoms with E-state index in [0.717, 1.165) is 13.1 Å². The maximum atomic E-state index is 11.9. The molecule has 0 heterocycles. The van der Waals surface area contributed by atoms with Gasteiger partial charge in [-0.3, -0.25) is 4.79 Å². The Balaban J connectivity index is 4.52. The Bertz CT molecular complexity index is 248. The van der Waals surface area contributed by atoms with Crippen LogP contribution in [0.15, 0.2) is 0 Å². The van der Waals surface area contributed by atoms with Crippen LogP contribution >= 0.6 is 0 Å². The highest BCUT2D eigenvalue weighted by atomic mass is 16.5. The predicted molar refractivity (Wildman–Crippen MR) is 72.7 cm³/mol. The average Bonchev–Trinajstić information content (AvgIpc) is 2.34. The van der Waals surface area contributed by atoms with Gasteiger partial charge in [0.1, 0.15) is 5.54 Å². The van der Waals surface area contributed by atoms with Crippen molar-refractivity contribution in [2.24, 2.45) is 0 Å². The summed E-state index contributed by atoms with van der Waals surface area (Å²) in [7, 11) is 5.15. The summed E-state index contributed by atoms with van der Waals surface area (Å²) in [5, 5.41) is 3.22. The lowest BCUT2D eigenvalue weighted by Crippen LogP contribution is -2.53. The third kappa shape index (κ3) is 5.33. The summed E-state index contributed by atoms with van der Waals surface area (Å²) in [6.45, 7) is 8.26. The number of methoxy groups -OCH3 is 2. The molecule has 0 bridgehead atoms. The van der Waals surface area contributed by atoms with Crippen LogP contribution in [-0.4, -0.2) is 63.4 Å². The zero-order valence-electron chi connectivity index (χ0n) is 12.6. The highest BCUT2D eigenvalue weighted by Crippen LogP contribution is 2.17. The number of carbonyl (C=O) groups is 1. The lowest BCUT2D eigenvalue weighted by molar-refractivity contribution is -0.148. The molecule has 0 aromatic heterocycles. The topological polar surface area (TPSA) is 50.8 Å². The molecule has 0 amide bonds. The number of ether oxygens (including phenoxy) is 2. The molecule has 5 nitrogen and oxygen atoms in total. The van der Waals surface area contributed by atoms with Crippen molar-refractivity contribution in [3.05, 3.63) is 0 Å². The van der Waals surface area contributed by atoms with Crippen LogP contribution in [0.25, 0.3) is 0 Å². The lowest BCUT2D eigenvalue weighted by atomic mass is 9.93. The van der Waals surface area contributed by atoms with Crippen LogP contribution in [0.2, 0.25) is 0 Å². The molecule has 0 fully saturated rings. The monoisotopic (exact) mass is 260 g/mol. The SMILES string of the molecule is CCNC(C)(CC(C)N(C)CCOC)C(=O)OC. The molecule has 0 saturated carbocycles. The molecule has 18 heavy (non-hydrogen) atoms. The van der Waals surface area contributed by atoms with Gasteiger partial charge in [0.05, 0.1) is 13.7 Å². The number of nitrogens with zero attached hydrogens (tertiary/aromatic N) is 1. The van der Waals surface area contributed by atoms with Crippen LogP contribution in [-0.2, 0) is 14.3 Å². The van der Waals surface area contributed by atoms with Crippen LogP contribution in [0, 0.1) is 0 Å². The Morgan fingerprint density at radius 3 is 2.50 bits per heavy atom. The van der Waals surface area contributed by atoms with Gasteiger partial charge in [-0.15, -0.1) is 0 Å². The normalized spacial score (nSPS) is 16.4. The molecule has 0 aliphatic heterocycles. The zero-order valence-corrected chi connectivity index (χ0v) is 12.6. The molecule has 0 rings (SSSR count). The molecule has 0 aromatic rings. The van der Waals surface area contributed by atoms with Crippen LogP contribution < -0.4 is 5.32 Å². The Hall–Kier alpha value is -0.650. The van der Waals surface area contributed by atoms with E-state index in [0.29, 0.717) is 13.0 Å². The summed E-state index contributed by atoms with van der Waals surface area (Å²) in [6.07, 6.45) is 0.702. The number of nitrogens with one attached hydrogen (secondary N) is 1. The second-order valence-corrected chi connectivity index (χ2v) is 4.88. The largest absolute Gasteiger partial charge is 0.468 e. The number of rotatable bonds is 9. The van der Waals surface area contributed by atoms with Gasteiger partial charge in [-0.2, -0.15) is 0 Å². The maximum absolute atomic E-state index is 11.9. The van der Waals surface area contributed by atoms with Gasteiger partial charge in [0.15, 0.2) is 0 Å². The zero-order chi connectivity index (χ0) is 14.2. The standard InChI is InChI=1S/C13H28N2O3/c1-7-14-13(3,12(16)18-6)10-11(2)15(4)8-9-17-5/h11,14H,7-10H2,1-6H3. The van der Waals surface area contributed by atoms with Gasteiger partial charge in [0, 0.05) is 19.7 Å². The first-order valence-corrected chi connectivity index (χ1v) is 6.43. The molecular formula is C13H28N2O3. The number of carbonyl (C=O) groups excluding carboxylic acids is 1. The van der Waals surface area contributed by atoms with Crippen molar-refractivity contribution in [3.63, 3.8) is 0 Å². The van der Waals surface area contributed by atoms with Crippen molar-refractivity contribution in [2.75, 3.05) is 41.0 Å². The lowest BCUT2D eigenvalue weighted by Gasteiger charge is -2.34. The minimum Gasteiger partial charge on any atom is -0.468 e. The molecule has 0 radical (unpaired) electrons. The maximum Gasteiger partial charge on any atom is 0.325 e. The smallest absolute Gasteiger partial charge is 0.325 e. The van der Waals surface area contributed by atoms with Crippen LogP contribution in [0.5, 0.6) is 0 Å². The summed E-state index contributed by atoms with van der Waals surface area (Å²) >= 11 is 0. The van der Waals surface area contributed by atoms with Crippen molar-refractivity contribution in [3.8, 4) is 0 Å². The molecule has 1 N–H and O–H groups in total. The fourth-order valence-electron chi connectivity index (χ4n) is 2.05. The van der Waals surface area contributed by atoms with E-state index in [-0.39, 0.29) is 12.0 Å². The van der Waals surface area contributed by atoms with Gasteiger partial charge in [-0.05, 0) is 33.9 Å². The number of esters is 1. The highest BCUT2D eigenvalue weighted by molar-refractivity contribution is 5.80. The van der Waals surface area contributed by atoms with Crippen LogP contribution in [0.1, 0.15) is 27.2 Å². The van der Waals surface area contributed by atoms with Gasteiger partial charge >= 0.3 is 5.97 Å². The van der Waals surface area contributed by atoms with E-state index >= 15 is 0 Å². The van der Waals surface area contributed by atoms with E-state index in [1.807, 2.05) is 20.9 Å².